The molecule has 0 fully saturated rings. The van der Waals surface area contributed by atoms with Gasteiger partial charge in [0.05, 0.1) is 5.56 Å². The smallest absolute Gasteiger partial charge is 0.240 e. The van der Waals surface area contributed by atoms with Crippen molar-refractivity contribution < 1.29 is 0 Å². The lowest BCUT2D eigenvalue weighted by Crippen LogP contribution is -2.23. The Hall–Kier alpha value is -1.37. The normalized spacial score (nSPS) is 12.5. The molecule has 0 bridgehead atoms. The summed E-state index contributed by atoms with van der Waals surface area (Å²) in [6, 6.07) is 2.31. The molecule has 0 radical (unpaired) electrons. The first kappa shape index (κ1) is 16.0. The summed E-state index contributed by atoms with van der Waals surface area (Å²) in [5, 5.41) is 5.84. The van der Waals surface area contributed by atoms with Gasteiger partial charge >= 0.3 is 0 Å². The van der Waals surface area contributed by atoms with Gasteiger partial charge in [0.25, 0.3) is 0 Å². The number of hydrogen-bond acceptors (Lipinski definition) is 6. The average Bonchev–Trinajstić information content (AvgIpc) is 2.84. The quantitative estimate of drug-likeness (QED) is 0.441. The third-order valence-corrected chi connectivity index (χ3v) is 4.75. The van der Waals surface area contributed by atoms with E-state index in [0.717, 1.165) is 16.0 Å². The fraction of sp³-hybridized carbons (Fsp3) is 0.429. The van der Waals surface area contributed by atoms with E-state index >= 15 is 0 Å². The summed E-state index contributed by atoms with van der Waals surface area (Å²) in [5.41, 5.74) is 4.44. The summed E-state index contributed by atoms with van der Waals surface area (Å²) < 4.78 is 0. The van der Waals surface area contributed by atoms with Crippen molar-refractivity contribution in [1.29, 1.82) is 0 Å². The van der Waals surface area contributed by atoms with Gasteiger partial charge in [0, 0.05) is 10.9 Å². The second kappa shape index (κ2) is 6.60. The van der Waals surface area contributed by atoms with Crippen molar-refractivity contribution in [3.63, 3.8) is 0 Å². The van der Waals surface area contributed by atoms with Crippen LogP contribution in [0.15, 0.2) is 11.4 Å². The molecule has 1 atom stereocenters. The summed E-state index contributed by atoms with van der Waals surface area (Å²) in [4.78, 5) is 9.69. The van der Waals surface area contributed by atoms with E-state index in [1.54, 1.807) is 11.3 Å². The van der Waals surface area contributed by atoms with Gasteiger partial charge in [-0.2, -0.15) is 9.97 Å². The Labute approximate surface area is 133 Å². The summed E-state index contributed by atoms with van der Waals surface area (Å²) >= 11 is 7.98. The molecule has 5 nitrogen and oxygen atoms in total. The van der Waals surface area contributed by atoms with Crippen molar-refractivity contribution in [3.8, 4) is 10.4 Å². The molecule has 21 heavy (non-hydrogen) atoms. The van der Waals surface area contributed by atoms with E-state index in [9.17, 15) is 0 Å². The number of thiophene rings is 1. The van der Waals surface area contributed by atoms with Gasteiger partial charge < -0.3 is 5.32 Å². The van der Waals surface area contributed by atoms with Crippen LogP contribution in [-0.2, 0) is 0 Å². The summed E-state index contributed by atoms with van der Waals surface area (Å²) in [5.74, 6) is 6.89. The van der Waals surface area contributed by atoms with Gasteiger partial charge in [0.1, 0.15) is 11.0 Å². The van der Waals surface area contributed by atoms with Gasteiger partial charge in [-0.25, -0.2) is 5.84 Å². The number of rotatable bonds is 5. The number of nitrogens with zero attached hydrogens (tertiary/aromatic N) is 2. The van der Waals surface area contributed by atoms with Crippen LogP contribution in [0.5, 0.6) is 0 Å². The van der Waals surface area contributed by atoms with Crippen LogP contribution in [0.4, 0.5) is 11.8 Å². The number of aryl methyl sites for hydroxylation is 1. The van der Waals surface area contributed by atoms with Gasteiger partial charge in [-0.05, 0) is 36.8 Å². The predicted molar refractivity (Wildman–Crippen MR) is 90.8 cm³/mol. The molecule has 2 heterocycles. The highest BCUT2D eigenvalue weighted by molar-refractivity contribution is 7.13. The summed E-state index contributed by atoms with van der Waals surface area (Å²) in [7, 11) is 0. The number of nitrogen functional groups attached to an aromatic ring is 1. The first-order valence-corrected chi connectivity index (χ1v) is 8.05. The fourth-order valence-corrected chi connectivity index (χ4v) is 3.11. The van der Waals surface area contributed by atoms with Crippen LogP contribution >= 0.6 is 22.9 Å². The van der Waals surface area contributed by atoms with Crippen molar-refractivity contribution in [2.75, 3.05) is 10.7 Å². The number of halogens is 1. The molecule has 2 rings (SSSR count). The van der Waals surface area contributed by atoms with Crippen LogP contribution in [-0.4, -0.2) is 16.0 Å². The van der Waals surface area contributed by atoms with Gasteiger partial charge in [0.15, 0.2) is 0 Å². The molecule has 0 aromatic carbocycles. The summed E-state index contributed by atoms with van der Waals surface area (Å²) in [6.45, 7) is 8.46. The molecule has 0 aliphatic heterocycles. The van der Waals surface area contributed by atoms with E-state index in [-0.39, 0.29) is 6.04 Å². The first-order chi connectivity index (χ1) is 9.93. The molecule has 0 amide bonds. The van der Waals surface area contributed by atoms with E-state index in [1.165, 1.54) is 0 Å². The molecule has 2 aromatic rings. The Bertz CT molecular complexity index is 626. The number of anilines is 2. The zero-order chi connectivity index (χ0) is 15.6. The number of hydrogen-bond donors (Lipinski definition) is 3. The van der Waals surface area contributed by atoms with Crippen molar-refractivity contribution >= 4 is 34.7 Å². The monoisotopic (exact) mass is 325 g/mol. The molecule has 0 spiro atoms. The lowest BCUT2D eigenvalue weighted by Gasteiger charge is -2.21. The Morgan fingerprint density at radius 2 is 2.00 bits per heavy atom. The molecular formula is C14H20ClN5S. The van der Waals surface area contributed by atoms with Crippen molar-refractivity contribution in [1.82, 2.24) is 9.97 Å². The van der Waals surface area contributed by atoms with E-state index in [2.05, 4.69) is 47.5 Å². The third-order valence-electron chi connectivity index (χ3n) is 3.45. The van der Waals surface area contributed by atoms with Gasteiger partial charge in [-0.1, -0.05) is 25.4 Å². The number of aromatic nitrogens is 2. The SMILES string of the molecule is Cc1ccsc1-c1c(Cl)nc(NN)nc1NC(C)C(C)C. The van der Waals surface area contributed by atoms with Crippen LogP contribution in [0.1, 0.15) is 26.3 Å². The molecule has 0 aliphatic carbocycles. The second-order valence-corrected chi connectivity index (χ2v) is 6.59. The minimum absolute atomic E-state index is 0.251. The standard InChI is InChI=1S/C14H20ClN5S/c1-7(2)9(4)17-13-10(11-8(3)5-6-21-11)12(15)18-14(19-13)20-16/h5-7,9H,16H2,1-4H3,(H2,17,18,19,20). The van der Waals surface area contributed by atoms with E-state index in [1.807, 2.05) is 12.3 Å². The largest absolute Gasteiger partial charge is 0.367 e. The molecule has 114 valence electrons. The molecule has 0 saturated carbocycles. The van der Waals surface area contributed by atoms with Gasteiger partial charge in [-0.15, -0.1) is 11.3 Å². The highest BCUT2D eigenvalue weighted by atomic mass is 35.5. The minimum atomic E-state index is 0.251. The minimum Gasteiger partial charge on any atom is -0.367 e. The van der Waals surface area contributed by atoms with Gasteiger partial charge in [-0.3, -0.25) is 5.43 Å². The van der Waals surface area contributed by atoms with Crippen LogP contribution in [0.25, 0.3) is 10.4 Å². The van der Waals surface area contributed by atoms with Crippen molar-refractivity contribution in [3.05, 3.63) is 22.2 Å². The van der Waals surface area contributed by atoms with Crippen LogP contribution in [0.3, 0.4) is 0 Å². The number of nitrogens with one attached hydrogen (secondary N) is 2. The lowest BCUT2D eigenvalue weighted by molar-refractivity contribution is 0.558. The Morgan fingerprint density at radius 1 is 1.29 bits per heavy atom. The highest BCUT2D eigenvalue weighted by Gasteiger charge is 2.19. The molecule has 2 aromatic heterocycles. The highest BCUT2D eigenvalue weighted by Crippen LogP contribution is 2.39. The van der Waals surface area contributed by atoms with Crippen LogP contribution < -0.4 is 16.6 Å². The van der Waals surface area contributed by atoms with Crippen molar-refractivity contribution in [2.24, 2.45) is 11.8 Å². The van der Waals surface area contributed by atoms with E-state index < -0.39 is 0 Å². The fourth-order valence-electron chi connectivity index (χ4n) is 1.81. The molecule has 4 N–H and O–H groups in total. The molecule has 7 heteroatoms. The maximum absolute atomic E-state index is 6.36. The van der Waals surface area contributed by atoms with E-state index in [4.69, 9.17) is 17.4 Å². The predicted octanol–water partition coefficient (Wildman–Crippen LogP) is 3.91. The average molecular weight is 326 g/mol. The zero-order valence-corrected chi connectivity index (χ0v) is 14.1. The number of nitrogens with two attached hydrogens (primary N) is 1. The Balaban J connectivity index is 2.54. The molecule has 1 unspecified atom stereocenters. The molecule has 0 saturated heterocycles. The topological polar surface area (TPSA) is 75.9 Å². The van der Waals surface area contributed by atoms with E-state index in [0.29, 0.717) is 22.8 Å². The number of hydrazine groups is 1. The maximum atomic E-state index is 6.36. The summed E-state index contributed by atoms with van der Waals surface area (Å²) in [6.07, 6.45) is 0. The maximum Gasteiger partial charge on any atom is 0.240 e. The zero-order valence-electron chi connectivity index (χ0n) is 12.6. The van der Waals surface area contributed by atoms with Crippen LogP contribution in [0, 0.1) is 12.8 Å². The second-order valence-electron chi connectivity index (χ2n) is 5.32. The first-order valence-electron chi connectivity index (χ1n) is 6.79. The third kappa shape index (κ3) is 3.45. The Kier molecular flexibility index (Phi) is 5.03. The van der Waals surface area contributed by atoms with Crippen molar-refractivity contribution in [2.45, 2.75) is 33.7 Å². The van der Waals surface area contributed by atoms with Crippen LogP contribution in [0.2, 0.25) is 5.15 Å². The molecular weight excluding hydrogens is 306 g/mol. The van der Waals surface area contributed by atoms with Gasteiger partial charge in [0.2, 0.25) is 5.95 Å². The molecule has 0 aliphatic rings. The Morgan fingerprint density at radius 3 is 2.52 bits per heavy atom. The lowest BCUT2D eigenvalue weighted by atomic mass is 10.1.